The molecule has 0 aliphatic heterocycles. The summed E-state index contributed by atoms with van der Waals surface area (Å²) in [6.07, 6.45) is 9.89. The minimum absolute atomic E-state index is 0.0793. The zero-order valence-corrected chi connectivity index (χ0v) is 23.8. The molecule has 2 heterocycles. The minimum Gasteiger partial charge on any atom is -0.481 e. The maximum atomic E-state index is 13.4. The Bertz CT molecular complexity index is 1180. The van der Waals surface area contributed by atoms with Crippen LogP contribution >= 0.6 is 0 Å². The molecule has 206 valence electrons. The van der Waals surface area contributed by atoms with Crippen molar-refractivity contribution in [3.63, 3.8) is 0 Å². The quantitative estimate of drug-likeness (QED) is 0.443. The summed E-state index contributed by atoms with van der Waals surface area (Å²) in [5.41, 5.74) is 4.64. The van der Waals surface area contributed by atoms with Gasteiger partial charge in [-0.15, -0.1) is 0 Å². The van der Waals surface area contributed by atoms with E-state index in [9.17, 15) is 9.59 Å². The van der Waals surface area contributed by atoms with E-state index in [0.717, 1.165) is 48.0 Å². The van der Waals surface area contributed by atoms with Gasteiger partial charge in [-0.05, 0) is 69.4 Å². The molecule has 3 aliphatic carbocycles. The maximum absolute atomic E-state index is 13.4. The standard InChI is InChI=1S/C31H44N4O3/c1-19-23(27(36)32-17-21-13-22(14-21)28(37)38)15-25(35(19)18-20-9-7-6-8-10-20)24-16-26(31(5)11-12-31)34-29(33-24)30(2,3)4/h15-16,20-22H,6-14,17-18H2,1-5H3,(H,32,36)(H,37,38). The SMILES string of the molecule is Cc1c(C(=O)NCC2CC(C(=O)O)C2)cc(-c2cc(C3(C)CC3)nc(C(C)(C)C)n2)n1CC1CCCCC1. The summed E-state index contributed by atoms with van der Waals surface area (Å²) in [7, 11) is 0. The number of aliphatic carboxylic acids is 1. The first-order chi connectivity index (χ1) is 17.9. The third kappa shape index (κ3) is 5.52. The smallest absolute Gasteiger partial charge is 0.306 e. The lowest BCUT2D eigenvalue weighted by Gasteiger charge is -2.32. The van der Waals surface area contributed by atoms with Gasteiger partial charge in [-0.2, -0.15) is 0 Å². The van der Waals surface area contributed by atoms with Crippen LogP contribution in [0, 0.1) is 24.7 Å². The first-order valence-electron chi connectivity index (χ1n) is 14.6. The second kappa shape index (κ2) is 10.1. The molecule has 0 atom stereocenters. The van der Waals surface area contributed by atoms with Gasteiger partial charge < -0.3 is 15.0 Å². The van der Waals surface area contributed by atoms with Crippen LogP contribution in [0.25, 0.3) is 11.4 Å². The largest absolute Gasteiger partial charge is 0.481 e. The Labute approximate surface area is 226 Å². The Hall–Kier alpha value is -2.70. The van der Waals surface area contributed by atoms with E-state index < -0.39 is 5.97 Å². The van der Waals surface area contributed by atoms with Crippen LogP contribution in [0.4, 0.5) is 0 Å². The number of hydrogen-bond donors (Lipinski definition) is 2. The summed E-state index contributed by atoms with van der Waals surface area (Å²) in [6, 6.07) is 4.19. The molecule has 7 heteroatoms. The highest BCUT2D eigenvalue weighted by Crippen LogP contribution is 2.47. The molecule has 5 rings (SSSR count). The fraction of sp³-hybridized carbons (Fsp3) is 0.677. The van der Waals surface area contributed by atoms with Crippen molar-refractivity contribution in [2.45, 2.75) is 110 Å². The van der Waals surface area contributed by atoms with Crippen molar-refractivity contribution in [3.05, 3.63) is 34.9 Å². The number of nitrogens with one attached hydrogen (secondary N) is 1. The summed E-state index contributed by atoms with van der Waals surface area (Å²) < 4.78 is 2.34. The lowest BCUT2D eigenvalue weighted by molar-refractivity contribution is -0.146. The van der Waals surface area contributed by atoms with Gasteiger partial charge in [0.05, 0.1) is 28.6 Å². The lowest BCUT2D eigenvalue weighted by Crippen LogP contribution is -2.38. The Morgan fingerprint density at radius 2 is 1.76 bits per heavy atom. The first-order valence-corrected chi connectivity index (χ1v) is 14.6. The van der Waals surface area contributed by atoms with Gasteiger partial charge in [0.25, 0.3) is 5.91 Å². The molecule has 2 aromatic rings. The van der Waals surface area contributed by atoms with Crippen molar-refractivity contribution < 1.29 is 14.7 Å². The van der Waals surface area contributed by atoms with Crippen molar-refractivity contribution in [2.24, 2.45) is 17.8 Å². The summed E-state index contributed by atoms with van der Waals surface area (Å²) in [5.74, 6) is 0.624. The van der Waals surface area contributed by atoms with Crippen LogP contribution in [0.3, 0.4) is 0 Å². The number of nitrogens with zero attached hydrogens (tertiary/aromatic N) is 3. The molecular weight excluding hydrogens is 476 g/mol. The molecule has 3 aliphatic rings. The molecule has 3 saturated carbocycles. The van der Waals surface area contributed by atoms with Crippen molar-refractivity contribution in [3.8, 4) is 11.4 Å². The van der Waals surface area contributed by atoms with Gasteiger partial charge in [-0.25, -0.2) is 9.97 Å². The number of aromatic nitrogens is 3. The van der Waals surface area contributed by atoms with Gasteiger partial charge in [0.1, 0.15) is 5.82 Å². The van der Waals surface area contributed by atoms with E-state index in [1.165, 1.54) is 32.1 Å². The number of carboxylic acid groups (broad SMARTS) is 1. The van der Waals surface area contributed by atoms with Crippen molar-refractivity contribution in [2.75, 3.05) is 6.54 Å². The number of hydrogen-bond acceptors (Lipinski definition) is 4. The van der Waals surface area contributed by atoms with E-state index in [-0.39, 0.29) is 28.6 Å². The average molecular weight is 521 g/mol. The predicted molar refractivity (Wildman–Crippen MR) is 148 cm³/mol. The Morgan fingerprint density at radius 1 is 1.08 bits per heavy atom. The van der Waals surface area contributed by atoms with Crippen LogP contribution in [-0.2, 0) is 22.2 Å². The molecule has 2 aromatic heterocycles. The van der Waals surface area contributed by atoms with Gasteiger partial charge in [-0.1, -0.05) is 47.0 Å². The normalized spacial score (nSPS) is 23.1. The average Bonchev–Trinajstić information content (AvgIpc) is 3.52. The van der Waals surface area contributed by atoms with Crippen LogP contribution in [0.1, 0.15) is 113 Å². The van der Waals surface area contributed by atoms with E-state index in [2.05, 4.69) is 50.6 Å². The molecule has 0 aromatic carbocycles. The molecule has 0 spiro atoms. The number of amides is 1. The summed E-state index contributed by atoms with van der Waals surface area (Å²) in [5, 5.41) is 12.3. The van der Waals surface area contributed by atoms with E-state index >= 15 is 0 Å². The van der Waals surface area contributed by atoms with Crippen LogP contribution in [-0.4, -0.2) is 38.1 Å². The van der Waals surface area contributed by atoms with Crippen molar-refractivity contribution in [1.82, 2.24) is 19.9 Å². The first kappa shape index (κ1) is 26.9. The zero-order chi connectivity index (χ0) is 27.2. The molecule has 3 fully saturated rings. The second-order valence-electron chi connectivity index (χ2n) is 13.5. The van der Waals surface area contributed by atoms with Crippen LogP contribution in [0.5, 0.6) is 0 Å². The summed E-state index contributed by atoms with van der Waals surface area (Å²) >= 11 is 0. The summed E-state index contributed by atoms with van der Waals surface area (Å²) in [6.45, 7) is 12.2. The third-order valence-electron chi connectivity index (χ3n) is 9.19. The number of rotatable bonds is 8. The molecule has 7 nitrogen and oxygen atoms in total. The molecule has 0 unspecified atom stereocenters. The Kier molecular flexibility index (Phi) is 7.16. The highest BCUT2D eigenvalue weighted by Gasteiger charge is 2.42. The summed E-state index contributed by atoms with van der Waals surface area (Å²) in [4.78, 5) is 34.6. The van der Waals surface area contributed by atoms with E-state index in [1.54, 1.807) is 0 Å². The third-order valence-corrected chi connectivity index (χ3v) is 9.19. The fourth-order valence-electron chi connectivity index (χ4n) is 6.05. The Morgan fingerprint density at radius 3 is 2.37 bits per heavy atom. The number of carbonyl (C=O) groups excluding carboxylic acids is 1. The molecular formula is C31H44N4O3. The van der Waals surface area contributed by atoms with Gasteiger partial charge >= 0.3 is 5.97 Å². The van der Waals surface area contributed by atoms with Crippen LogP contribution < -0.4 is 5.32 Å². The highest BCUT2D eigenvalue weighted by atomic mass is 16.4. The molecule has 38 heavy (non-hydrogen) atoms. The Balaban J connectivity index is 1.48. The second-order valence-corrected chi connectivity index (χ2v) is 13.5. The molecule has 2 N–H and O–H groups in total. The van der Waals surface area contributed by atoms with Gasteiger partial charge in [0, 0.05) is 29.6 Å². The molecule has 0 radical (unpaired) electrons. The van der Waals surface area contributed by atoms with Crippen LogP contribution in [0.2, 0.25) is 0 Å². The van der Waals surface area contributed by atoms with E-state index in [1.807, 2.05) is 6.07 Å². The maximum Gasteiger partial charge on any atom is 0.306 e. The van der Waals surface area contributed by atoms with Gasteiger partial charge in [0.15, 0.2) is 0 Å². The monoisotopic (exact) mass is 520 g/mol. The van der Waals surface area contributed by atoms with E-state index in [4.69, 9.17) is 15.1 Å². The van der Waals surface area contributed by atoms with Gasteiger partial charge in [0.2, 0.25) is 0 Å². The zero-order valence-electron chi connectivity index (χ0n) is 23.8. The molecule has 0 bridgehead atoms. The van der Waals surface area contributed by atoms with Crippen molar-refractivity contribution in [1.29, 1.82) is 0 Å². The fourth-order valence-corrected chi connectivity index (χ4v) is 6.05. The number of carboxylic acids is 1. The van der Waals surface area contributed by atoms with Crippen molar-refractivity contribution >= 4 is 11.9 Å². The predicted octanol–water partition coefficient (Wildman–Crippen LogP) is 6.02. The van der Waals surface area contributed by atoms with Crippen LogP contribution in [0.15, 0.2) is 12.1 Å². The topological polar surface area (TPSA) is 97.1 Å². The minimum atomic E-state index is -0.730. The highest BCUT2D eigenvalue weighted by molar-refractivity contribution is 5.97. The molecule has 0 saturated heterocycles. The van der Waals surface area contributed by atoms with E-state index in [0.29, 0.717) is 30.9 Å². The lowest BCUT2D eigenvalue weighted by atomic mass is 9.75. The van der Waals surface area contributed by atoms with Gasteiger partial charge in [-0.3, -0.25) is 9.59 Å². The number of carbonyl (C=O) groups is 2. The molecule has 1 amide bonds.